The molecule has 0 saturated carbocycles. The Bertz CT molecular complexity index is 1860. The molecule has 8 nitrogen and oxygen atoms in total. The highest BCUT2D eigenvalue weighted by molar-refractivity contribution is 7.07. The highest BCUT2D eigenvalue weighted by atomic mass is 35.5. The molecule has 2 aromatic carbocycles. The van der Waals surface area contributed by atoms with E-state index in [0.29, 0.717) is 37.1 Å². The summed E-state index contributed by atoms with van der Waals surface area (Å²) in [7, 11) is 3.11. The third kappa shape index (κ3) is 5.11. The summed E-state index contributed by atoms with van der Waals surface area (Å²) in [6.45, 7) is 7.71. The predicted octanol–water partition coefficient (Wildman–Crippen LogP) is 4.88. The number of benzene rings is 2. The van der Waals surface area contributed by atoms with E-state index in [1.807, 2.05) is 50.3 Å². The molecule has 0 spiro atoms. The number of fused-ring (bicyclic) bond motifs is 1. The van der Waals surface area contributed by atoms with Gasteiger partial charge in [0.2, 0.25) is 0 Å². The predicted molar refractivity (Wildman–Crippen MR) is 160 cm³/mol. The summed E-state index contributed by atoms with van der Waals surface area (Å²) in [4.78, 5) is 32.5. The average Bonchev–Trinajstić information content (AvgIpc) is 3.41. The lowest BCUT2D eigenvalue weighted by atomic mass is 9.94. The van der Waals surface area contributed by atoms with Gasteiger partial charge >= 0.3 is 5.97 Å². The molecule has 0 fully saturated rings. The van der Waals surface area contributed by atoms with E-state index >= 15 is 0 Å². The van der Waals surface area contributed by atoms with Crippen LogP contribution in [-0.2, 0) is 9.53 Å². The lowest BCUT2D eigenvalue weighted by Crippen LogP contribution is -2.40. The van der Waals surface area contributed by atoms with E-state index in [2.05, 4.69) is 9.56 Å². The Morgan fingerprint density at radius 3 is 2.46 bits per heavy atom. The monoisotopic (exact) mass is 591 g/mol. The fraction of sp³-hybridized carbons (Fsp3) is 0.258. The Labute approximate surface area is 246 Å². The van der Waals surface area contributed by atoms with Crippen LogP contribution in [-0.4, -0.2) is 35.9 Å². The molecule has 0 bridgehead atoms. The molecule has 10 heteroatoms. The van der Waals surface area contributed by atoms with Crippen LogP contribution in [0.4, 0.5) is 0 Å². The minimum absolute atomic E-state index is 0.186. The van der Waals surface area contributed by atoms with Crippen molar-refractivity contribution in [1.82, 2.24) is 9.13 Å². The largest absolute Gasteiger partial charge is 0.497 e. The summed E-state index contributed by atoms with van der Waals surface area (Å²) in [6, 6.07) is 14.1. The van der Waals surface area contributed by atoms with Crippen molar-refractivity contribution in [3.05, 3.63) is 107 Å². The number of methoxy groups -OCH3 is 2. The Hall–Kier alpha value is -4.08. The Morgan fingerprint density at radius 1 is 1.07 bits per heavy atom. The van der Waals surface area contributed by atoms with Crippen LogP contribution < -0.4 is 24.4 Å². The van der Waals surface area contributed by atoms with Crippen LogP contribution in [0.2, 0.25) is 5.02 Å². The molecule has 41 heavy (non-hydrogen) atoms. The number of aryl methyl sites for hydroxylation is 1. The van der Waals surface area contributed by atoms with Gasteiger partial charge in [-0.15, -0.1) is 0 Å². The third-order valence-electron chi connectivity index (χ3n) is 7.09. The molecule has 1 aliphatic rings. The molecule has 2 aromatic heterocycles. The van der Waals surface area contributed by atoms with Gasteiger partial charge in [-0.05, 0) is 87.9 Å². The van der Waals surface area contributed by atoms with Crippen LogP contribution in [0.25, 0.3) is 11.8 Å². The van der Waals surface area contributed by atoms with Crippen LogP contribution in [0, 0.1) is 13.8 Å². The molecule has 4 aromatic rings. The number of allylic oxidation sites excluding steroid dienone is 1. The summed E-state index contributed by atoms with van der Waals surface area (Å²) in [5.74, 6) is 0.535. The van der Waals surface area contributed by atoms with Crippen LogP contribution in [0.1, 0.15) is 42.4 Å². The van der Waals surface area contributed by atoms with Gasteiger partial charge in [-0.2, -0.15) is 0 Å². The van der Waals surface area contributed by atoms with Crippen molar-refractivity contribution in [2.24, 2.45) is 4.99 Å². The number of carbonyl (C=O) groups is 1. The number of halogens is 1. The number of nitrogens with zero attached hydrogens (tertiary/aromatic N) is 3. The van der Waals surface area contributed by atoms with E-state index in [1.54, 1.807) is 50.8 Å². The van der Waals surface area contributed by atoms with Gasteiger partial charge in [0.1, 0.15) is 17.5 Å². The Morgan fingerprint density at radius 2 is 1.80 bits per heavy atom. The van der Waals surface area contributed by atoms with Gasteiger partial charge in [-0.1, -0.05) is 22.9 Å². The zero-order valence-corrected chi connectivity index (χ0v) is 25.2. The van der Waals surface area contributed by atoms with Crippen molar-refractivity contribution in [1.29, 1.82) is 0 Å². The molecule has 1 aliphatic heterocycles. The number of ether oxygens (including phenoxy) is 3. The highest BCUT2D eigenvalue weighted by Gasteiger charge is 2.35. The number of thiazole rings is 1. The molecular formula is C31H30ClN3O5S. The normalized spacial score (nSPS) is 15.0. The zero-order valence-electron chi connectivity index (χ0n) is 23.6. The van der Waals surface area contributed by atoms with Gasteiger partial charge in [0.05, 0.1) is 36.6 Å². The summed E-state index contributed by atoms with van der Waals surface area (Å²) >= 11 is 7.37. The topological polar surface area (TPSA) is 84.1 Å². The zero-order chi connectivity index (χ0) is 29.4. The van der Waals surface area contributed by atoms with Crippen molar-refractivity contribution in [3.63, 3.8) is 0 Å². The van der Waals surface area contributed by atoms with E-state index in [4.69, 9.17) is 25.8 Å². The molecular weight excluding hydrogens is 562 g/mol. The van der Waals surface area contributed by atoms with Gasteiger partial charge in [-0.3, -0.25) is 9.36 Å². The summed E-state index contributed by atoms with van der Waals surface area (Å²) in [5.41, 5.74) is 4.95. The van der Waals surface area contributed by atoms with Crippen molar-refractivity contribution in [2.45, 2.75) is 33.7 Å². The number of esters is 1. The standard InChI is InChI=1S/C31H30ClN3O5S/c1-7-40-30(37)27-18(3)33-31-35(28(27)24-16-23(38-5)12-13-25(24)39-6)29(36)26(41-31)15-20-14-17(2)34(19(20)4)22-10-8-21(32)9-11-22/h8-16,28H,7H2,1-6H3/b26-15-/t28-/m1/s1. The maximum atomic E-state index is 14.1. The van der Waals surface area contributed by atoms with Gasteiger partial charge in [0.25, 0.3) is 5.56 Å². The number of carbonyl (C=O) groups excluding carboxylic acids is 1. The maximum Gasteiger partial charge on any atom is 0.338 e. The number of rotatable bonds is 7. The minimum Gasteiger partial charge on any atom is -0.497 e. The second-order valence-electron chi connectivity index (χ2n) is 9.55. The fourth-order valence-electron chi connectivity index (χ4n) is 5.20. The maximum absolute atomic E-state index is 14.1. The van der Waals surface area contributed by atoms with Crippen molar-refractivity contribution in [2.75, 3.05) is 20.8 Å². The first kappa shape index (κ1) is 28.4. The van der Waals surface area contributed by atoms with Crippen molar-refractivity contribution >= 4 is 35.0 Å². The quantitative estimate of drug-likeness (QED) is 0.286. The van der Waals surface area contributed by atoms with Crippen LogP contribution in [0.3, 0.4) is 0 Å². The second kappa shape index (κ2) is 11.4. The van der Waals surface area contributed by atoms with Gasteiger partial charge in [0, 0.05) is 27.7 Å². The molecule has 0 aliphatic carbocycles. The lowest BCUT2D eigenvalue weighted by Gasteiger charge is -2.26. The van der Waals surface area contributed by atoms with Crippen LogP contribution in [0.15, 0.2) is 69.6 Å². The summed E-state index contributed by atoms with van der Waals surface area (Å²) in [5, 5.41) is 0.664. The van der Waals surface area contributed by atoms with Crippen molar-refractivity contribution < 1.29 is 19.0 Å². The van der Waals surface area contributed by atoms with Gasteiger partial charge < -0.3 is 18.8 Å². The van der Waals surface area contributed by atoms with E-state index in [0.717, 1.165) is 22.6 Å². The number of hydrogen-bond acceptors (Lipinski definition) is 7. The lowest BCUT2D eigenvalue weighted by molar-refractivity contribution is -0.139. The molecule has 1 atom stereocenters. The molecule has 212 valence electrons. The molecule has 0 amide bonds. The van der Waals surface area contributed by atoms with Crippen LogP contribution in [0.5, 0.6) is 11.5 Å². The molecule has 0 radical (unpaired) electrons. The van der Waals surface area contributed by atoms with Gasteiger partial charge in [0.15, 0.2) is 4.80 Å². The minimum atomic E-state index is -0.820. The van der Waals surface area contributed by atoms with E-state index in [1.165, 1.54) is 11.3 Å². The fourth-order valence-corrected chi connectivity index (χ4v) is 6.36. The first-order valence-electron chi connectivity index (χ1n) is 13.0. The summed E-state index contributed by atoms with van der Waals surface area (Å²) in [6.07, 6.45) is 1.88. The Balaban J connectivity index is 1.73. The van der Waals surface area contributed by atoms with Crippen molar-refractivity contribution in [3.8, 4) is 17.2 Å². The Kier molecular flexibility index (Phi) is 7.93. The first-order chi connectivity index (χ1) is 19.7. The second-order valence-corrected chi connectivity index (χ2v) is 11.0. The SMILES string of the molecule is CCOC(=O)C1=C(C)N=c2s/c(=C\c3cc(C)n(-c4ccc(Cl)cc4)c3C)c(=O)n2[C@@H]1c1cc(OC)ccc1OC. The smallest absolute Gasteiger partial charge is 0.338 e. The third-order valence-corrected chi connectivity index (χ3v) is 8.33. The average molecular weight is 592 g/mol. The summed E-state index contributed by atoms with van der Waals surface area (Å²) < 4.78 is 20.7. The van der Waals surface area contributed by atoms with E-state index in [-0.39, 0.29) is 17.7 Å². The van der Waals surface area contributed by atoms with Gasteiger partial charge in [-0.25, -0.2) is 9.79 Å². The van der Waals surface area contributed by atoms with E-state index < -0.39 is 12.0 Å². The molecule has 0 saturated heterocycles. The van der Waals surface area contributed by atoms with E-state index in [9.17, 15) is 9.59 Å². The van der Waals surface area contributed by atoms with Crippen LogP contribution >= 0.6 is 22.9 Å². The number of aromatic nitrogens is 2. The molecule has 0 unspecified atom stereocenters. The number of hydrogen-bond donors (Lipinski definition) is 0. The first-order valence-corrected chi connectivity index (χ1v) is 14.2. The molecule has 0 N–H and O–H groups in total. The molecule has 5 rings (SSSR count). The molecule has 3 heterocycles. The highest BCUT2D eigenvalue weighted by Crippen LogP contribution is 2.38.